The first-order valence-corrected chi connectivity index (χ1v) is 10.7. The smallest absolute Gasteiger partial charge is 0.330 e. The molecule has 0 unspecified atom stereocenters. The maximum absolute atomic E-state index is 12.9. The van der Waals surface area contributed by atoms with E-state index >= 15 is 0 Å². The number of nitrogen functional groups attached to an aromatic ring is 1. The number of benzene rings is 2. The predicted octanol–water partition coefficient (Wildman–Crippen LogP) is 1.97. The van der Waals surface area contributed by atoms with Crippen LogP contribution in [0.3, 0.4) is 0 Å². The van der Waals surface area contributed by atoms with Crippen molar-refractivity contribution in [2.45, 2.75) is 26.4 Å². The van der Waals surface area contributed by atoms with Gasteiger partial charge in [-0.2, -0.15) is 0 Å². The molecule has 1 aromatic heterocycles. The molecule has 0 radical (unpaired) electrons. The molecule has 9 heteroatoms. The minimum absolute atomic E-state index is 0.0162. The van der Waals surface area contributed by atoms with E-state index in [1.807, 2.05) is 61.5 Å². The zero-order valence-corrected chi connectivity index (χ0v) is 18.8. The number of nitrogens with one attached hydrogen (secondary N) is 2. The summed E-state index contributed by atoms with van der Waals surface area (Å²) in [4.78, 5) is 41.9. The van der Waals surface area contributed by atoms with E-state index in [4.69, 9.17) is 10.5 Å². The van der Waals surface area contributed by atoms with Gasteiger partial charge in [-0.15, -0.1) is 0 Å². The number of anilines is 3. The van der Waals surface area contributed by atoms with Crippen molar-refractivity contribution in [3.8, 4) is 0 Å². The van der Waals surface area contributed by atoms with Gasteiger partial charge < -0.3 is 20.7 Å². The van der Waals surface area contributed by atoms with Crippen LogP contribution in [0, 0.1) is 0 Å². The van der Waals surface area contributed by atoms with Crippen molar-refractivity contribution in [2.75, 3.05) is 36.2 Å². The normalized spacial score (nSPS) is 10.7. The van der Waals surface area contributed by atoms with E-state index in [0.29, 0.717) is 5.69 Å². The van der Waals surface area contributed by atoms with Crippen LogP contribution in [0.5, 0.6) is 0 Å². The van der Waals surface area contributed by atoms with Crippen molar-refractivity contribution >= 4 is 23.1 Å². The molecular weight excluding hydrogens is 422 g/mol. The number of ether oxygens (including phenoxy) is 1. The number of aromatic nitrogens is 2. The van der Waals surface area contributed by atoms with Crippen LogP contribution in [0.2, 0.25) is 0 Å². The highest BCUT2D eigenvalue weighted by molar-refractivity contribution is 5.94. The fourth-order valence-corrected chi connectivity index (χ4v) is 3.55. The molecule has 1 heterocycles. The quantitative estimate of drug-likeness (QED) is 0.433. The summed E-state index contributed by atoms with van der Waals surface area (Å²) in [5.74, 6) is -0.329. The molecule has 0 spiro atoms. The lowest BCUT2D eigenvalue weighted by Gasteiger charge is -2.26. The molecular formula is C24H29N5O4. The fourth-order valence-electron chi connectivity index (χ4n) is 3.55. The van der Waals surface area contributed by atoms with Gasteiger partial charge in [0.1, 0.15) is 11.5 Å². The molecule has 0 bridgehead atoms. The number of hydrogen-bond donors (Lipinski definition) is 3. The molecule has 0 saturated carbocycles. The highest BCUT2D eigenvalue weighted by atomic mass is 16.5. The highest BCUT2D eigenvalue weighted by Crippen LogP contribution is 2.20. The van der Waals surface area contributed by atoms with Crippen LogP contribution in [0.25, 0.3) is 0 Å². The summed E-state index contributed by atoms with van der Waals surface area (Å²) in [6.07, 6.45) is 0.846. The topological polar surface area (TPSA) is 122 Å². The second-order valence-electron chi connectivity index (χ2n) is 7.58. The Morgan fingerprint density at radius 1 is 1.12 bits per heavy atom. The summed E-state index contributed by atoms with van der Waals surface area (Å²) in [5, 5.41) is 2.88. The van der Waals surface area contributed by atoms with E-state index in [0.717, 1.165) is 17.5 Å². The Labute approximate surface area is 191 Å². The predicted molar refractivity (Wildman–Crippen MR) is 130 cm³/mol. The number of rotatable bonds is 10. The molecule has 0 saturated heterocycles. The Kier molecular flexibility index (Phi) is 8.04. The summed E-state index contributed by atoms with van der Waals surface area (Å²) in [6, 6.07) is 17.0. The zero-order valence-electron chi connectivity index (χ0n) is 18.8. The van der Waals surface area contributed by atoms with Crippen LogP contribution in [0.4, 0.5) is 17.2 Å². The van der Waals surface area contributed by atoms with Crippen LogP contribution in [0.15, 0.2) is 64.2 Å². The number of carbonyl (C=O) groups is 1. The Balaban J connectivity index is 1.95. The Bertz CT molecular complexity index is 1200. The van der Waals surface area contributed by atoms with Crippen LogP contribution < -0.4 is 27.2 Å². The molecule has 2 aromatic carbocycles. The third kappa shape index (κ3) is 6.11. The lowest BCUT2D eigenvalue weighted by molar-refractivity contribution is -0.115. The second-order valence-corrected chi connectivity index (χ2v) is 7.58. The van der Waals surface area contributed by atoms with Gasteiger partial charge in [0, 0.05) is 19.3 Å². The standard InChI is InChI=1S/C24H29N5O4/c1-3-17-10-7-11-19(14-17)26-20(30)16-28(15-18-8-5-4-6-9-18)21-22(25)29(12-13-33-2)24(32)27-23(21)31/h4-11,14H,3,12-13,15-16,25H2,1-2H3,(H,26,30)(H,27,31,32). The zero-order chi connectivity index (χ0) is 23.8. The molecule has 3 aromatic rings. The number of carbonyl (C=O) groups excluding carboxylic acids is 1. The van der Waals surface area contributed by atoms with Crippen LogP contribution in [-0.2, 0) is 29.0 Å². The van der Waals surface area contributed by atoms with E-state index in [-0.39, 0.29) is 43.7 Å². The van der Waals surface area contributed by atoms with Gasteiger partial charge in [0.2, 0.25) is 5.91 Å². The van der Waals surface area contributed by atoms with E-state index in [2.05, 4.69) is 10.3 Å². The lowest BCUT2D eigenvalue weighted by atomic mass is 10.1. The number of aryl methyl sites for hydroxylation is 1. The van der Waals surface area contributed by atoms with Gasteiger partial charge in [-0.05, 0) is 29.7 Å². The maximum atomic E-state index is 12.9. The monoisotopic (exact) mass is 451 g/mol. The van der Waals surface area contributed by atoms with Crippen molar-refractivity contribution in [3.63, 3.8) is 0 Å². The van der Waals surface area contributed by atoms with Gasteiger partial charge in [0.05, 0.1) is 19.7 Å². The van der Waals surface area contributed by atoms with E-state index < -0.39 is 11.2 Å². The molecule has 0 atom stereocenters. The number of nitrogens with zero attached hydrogens (tertiary/aromatic N) is 2. The fraction of sp³-hybridized carbons (Fsp3) is 0.292. The number of aromatic amines is 1. The van der Waals surface area contributed by atoms with Gasteiger partial charge >= 0.3 is 5.69 Å². The van der Waals surface area contributed by atoms with Crippen molar-refractivity contribution < 1.29 is 9.53 Å². The largest absolute Gasteiger partial charge is 0.383 e. The van der Waals surface area contributed by atoms with Gasteiger partial charge in [-0.1, -0.05) is 49.4 Å². The maximum Gasteiger partial charge on any atom is 0.330 e. The average Bonchev–Trinajstić information content (AvgIpc) is 2.79. The van der Waals surface area contributed by atoms with Crippen molar-refractivity contribution in [1.29, 1.82) is 0 Å². The first-order chi connectivity index (χ1) is 15.9. The second kappa shape index (κ2) is 11.1. The Hall–Kier alpha value is -3.85. The molecule has 4 N–H and O–H groups in total. The lowest BCUT2D eigenvalue weighted by Crippen LogP contribution is -2.41. The number of hydrogen-bond acceptors (Lipinski definition) is 6. The Morgan fingerprint density at radius 2 is 1.85 bits per heavy atom. The van der Waals surface area contributed by atoms with Crippen LogP contribution in [0.1, 0.15) is 18.1 Å². The highest BCUT2D eigenvalue weighted by Gasteiger charge is 2.21. The molecule has 9 nitrogen and oxygen atoms in total. The summed E-state index contributed by atoms with van der Waals surface area (Å²) >= 11 is 0. The number of amides is 1. The third-order valence-corrected chi connectivity index (χ3v) is 5.22. The molecule has 0 fully saturated rings. The minimum Gasteiger partial charge on any atom is -0.383 e. The van der Waals surface area contributed by atoms with E-state index in [1.54, 1.807) is 4.90 Å². The summed E-state index contributed by atoms with van der Waals surface area (Å²) in [7, 11) is 1.51. The van der Waals surface area contributed by atoms with Crippen molar-refractivity contribution in [2.24, 2.45) is 0 Å². The van der Waals surface area contributed by atoms with Gasteiger partial charge in [0.15, 0.2) is 0 Å². The first kappa shape index (κ1) is 23.8. The van der Waals surface area contributed by atoms with Crippen LogP contribution >= 0.6 is 0 Å². The third-order valence-electron chi connectivity index (χ3n) is 5.22. The van der Waals surface area contributed by atoms with Gasteiger partial charge in [-0.25, -0.2) is 4.79 Å². The summed E-state index contributed by atoms with van der Waals surface area (Å²) in [5.41, 5.74) is 7.70. The molecule has 174 valence electrons. The number of methoxy groups -OCH3 is 1. The molecule has 3 rings (SSSR count). The number of nitrogens with two attached hydrogens (primary N) is 1. The molecule has 33 heavy (non-hydrogen) atoms. The Morgan fingerprint density at radius 3 is 2.55 bits per heavy atom. The summed E-state index contributed by atoms with van der Waals surface area (Å²) < 4.78 is 6.28. The first-order valence-electron chi connectivity index (χ1n) is 10.7. The average molecular weight is 452 g/mol. The minimum atomic E-state index is -0.650. The van der Waals surface area contributed by atoms with E-state index in [9.17, 15) is 14.4 Å². The molecule has 1 amide bonds. The molecule has 0 aliphatic carbocycles. The summed E-state index contributed by atoms with van der Waals surface area (Å²) in [6.45, 7) is 2.55. The van der Waals surface area contributed by atoms with E-state index in [1.165, 1.54) is 11.7 Å². The number of H-pyrrole nitrogens is 1. The van der Waals surface area contributed by atoms with Crippen LogP contribution in [-0.4, -0.2) is 35.7 Å². The van der Waals surface area contributed by atoms with Crippen molar-refractivity contribution in [3.05, 3.63) is 86.6 Å². The van der Waals surface area contributed by atoms with Gasteiger partial charge in [-0.3, -0.25) is 19.1 Å². The SMILES string of the molecule is CCc1cccc(NC(=O)CN(Cc2ccccc2)c2c(N)n(CCOC)c(=O)[nH]c2=O)c1. The van der Waals surface area contributed by atoms with Gasteiger partial charge in [0.25, 0.3) is 5.56 Å². The van der Waals surface area contributed by atoms with Crippen molar-refractivity contribution in [1.82, 2.24) is 9.55 Å². The molecule has 0 aliphatic heterocycles. The molecule has 0 aliphatic rings.